The largest absolute Gasteiger partial charge is 0.348 e. The molecule has 0 saturated carbocycles. The molecule has 0 aliphatic heterocycles. The Kier molecular flexibility index (Phi) is 7.97. The van der Waals surface area contributed by atoms with Gasteiger partial charge in [-0.3, -0.25) is 9.59 Å². The van der Waals surface area contributed by atoms with Gasteiger partial charge in [0.15, 0.2) is 0 Å². The van der Waals surface area contributed by atoms with Crippen LogP contribution in [0.15, 0.2) is 78.9 Å². The summed E-state index contributed by atoms with van der Waals surface area (Å²) in [6.45, 7) is 3.67. The van der Waals surface area contributed by atoms with Crippen LogP contribution in [-0.2, 0) is 22.3 Å². The highest BCUT2D eigenvalue weighted by Gasteiger charge is 2.17. The van der Waals surface area contributed by atoms with E-state index >= 15 is 0 Å². The van der Waals surface area contributed by atoms with Gasteiger partial charge in [0.05, 0.1) is 17.0 Å². The number of nitrogens with one attached hydrogen (secondary N) is 3. The first kappa shape index (κ1) is 24.2. The molecule has 2 amide bonds. The van der Waals surface area contributed by atoms with Gasteiger partial charge in [0.2, 0.25) is 10.0 Å². The molecule has 0 atom stereocenters. The van der Waals surface area contributed by atoms with E-state index in [1.54, 1.807) is 86.6 Å². The first-order chi connectivity index (χ1) is 15.7. The first-order valence-corrected chi connectivity index (χ1v) is 12.2. The predicted octanol–water partition coefficient (Wildman–Crippen LogP) is 3.70. The highest BCUT2D eigenvalue weighted by atomic mass is 32.2. The zero-order valence-electron chi connectivity index (χ0n) is 18.5. The highest BCUT2D eigenvalue weighted by Crippen LogP contribution is 2.18. The van der Waals surface area contributed by atoms with Gasteiger partial charge in [-0.1, -0.05) is 54.6 Å². The summed E-state index contributed by atoms with van der Waals surface area (Å²) < 4.78 is 27.3. The van der Waals surface area contributed by atoms with Crippen molar-refractivity contribution in [1.29, 1.82) is 0 Å². The van der Waals surface area contributed by atoms with Gasteiger partial charge in [0, 0.05) is 18.2 Å². The molecular formula is C25H27N3O4S. The summed E-state index contributed by atoms with van der Waals surface area (Å²) in [6, 6.07) is 22.3. The maximum Gasteiger partial charge on any atom is 0.255 e. The van der Waals surface area contributed by atoms with Crippen LogP contribution in [0.5, 0.6) is 0 Å². The third-order valence-corrected chi connectivity index (χ3v) is 6.30. The Morgan fingerprint density at radius 3 is 2.09 bits per heavy atom. The second kappa shape index (κ2) is 10.9. The van der Waals surface area contributed by atoms with E-state index in [9.17, 15) is 18.0 Å². The number of benzene rings is 3. The smallest absolute Gasteiger partial charge is 0.255 e. The number of sulfonamides is 1. The molecule has 0 unspecified atom stereocenters. The summed E-state index contributed by atoms with van der Waals surface area (Å²) in [5.74, 6) is -0.873. The number of hydrogen-bond acceptors (Lipinski definition) is 4. The Bertz CT molecular complexity index is 1230. The van der Waals surface area contributed by atoms with E-state index in [1.807, 2.05) is 6.07 Å². The van der Waals surface area contributed by atoms with Gasteiger partial charge < -0.3 is 10.6 Å². The third-order valence-electron chi connectivity index (χ3n) is 4.77. The Morgan fingerprint density at radius 2 is 1.39 bits per heavy atom. The van der Waals surface area contributed by atoms with E-state index in [2.05, 4.69) is 15.4 Å². The summed E-state index contributed by atoms with van der Waals surface area (Å²) in [5, 5.41) is 5.61. The van der Waals surface area contributed by atoms with Gasteiger partial charge in [0.1, 0.15) is 0 Å². The van der Waals surface area contributed by atoms with Crippen molar-refractivity contribution < 1.29 is 18.0 Å². The molecule has 0 bridgehead atoms. The molecule has 3 aromatic rings. The van der Waals surface area contributed by atoms with Crippen molar-refractivity contribution in [3.8, 4) is 0 Å². The number of rotatable bonds is 9. The maximum atomic E-state index is 12.9. The van der Waals surface area contributed by atoms with Gasteiger partial charge in [-0.25, -0.2) is 13.1 Å². The average Bonchev–Trinajstić information content (AvgIpc) is 2.78. The SMILES string of the molecule is CC(C)NS(=O)(=O)Cc1ccccc1CNC(=O)c1ccccc1NC(=O)c1ccccc1. The molecule has 3 N–H and O–H groups in total. The Hall–Kier alpha value is -3.49. The molecule has 8 heteroatoms. The fourth-order valence-electron chi connectivity index (χ4n) is 3.32. The standard InChI is InChI=1S/C25H27N3O4S/c1-18(2)28-33(31,32)17-21-13-7-6-12-20(21)16-26-25(30)22-14-8-9-15-23(22)27-24(29)19-10-4-3-5-11-19/h3-15,18,28H,16-17H2,1-2H3,(H,26,30)(H,27,29). The van der Waals surface area contributed by atoms with E-state index in [0.717, 1.165) is 0 Å². The lowest BCUT2D eigenvalue weighted by atomic mass is 10.1. The highest BCUT2D eigenvalue weighted by molar-refractivity contribution is 7.88. The number of carbonyl (C=O) groups is 2. The molecule has 0 aliphatic rings. The van der Waals surface area contributed by atoms with E-state index in [1.165, 1.54) is 0 Å². The van der Waals surface area contributed by atoms with Crippen molar-refractivity contribution in [2.45, 2.75) is 32.2 Å². The van der Waals surface area contributed by atoms with E-state index in [0.29, 0.717) is 27.9 Å². The monoisotopic (exact) mass is 465 g/mol. The molecule has 3 aromatic carbocycles. The Labute approximate surface area is 194 Å². The van der Waals surface area contributed by atoms with Crippen LogP contribution in [0.2, 0.25) is 0 Å². The molecule has 0 fully saturated rings. The van der Waals surface area contributed by atoms with E-state index in [4.69, 9.17) is 0 Å². The fourth-order valence-corrected chi connectivity index (χ4v) is 4.81. The predicted molar refractivity (Wildman–Crippen MR) is 129 cm³/mol. The van der Waals surface area contributed by atoms with Gasteiger partial charge in [-0.05, 0) is 49.2 Å². The number of anilines is 1. The van der Waals surface area contributed by atoms with E-state index < -0.39 is 10.0 Å². The molecular weight excluding hydrogens is 438 g/mol. The Balaban J connectivity index is 1.72. The minimum absolute atomic E-state index is 0.146. The summed E-state index contributed by atoms with van der Waals surface area (Å²) in [5.41, 5.74) is 2.49. The third kappa shape index (κ3) is 7.00. The quantitative estimate of drug-likeness (QED) is 0.448. The molecule has 0 radical (unpaired) electrons. The number of hydrogen-bond donors (Lipinski definition) is 3. The second-order valence-corrected chi connectivity index (χ2v) is 9.60. The van der Waals surface area contributed by atoms with Gasteiger partial charge in [0.25, 0.3) is 11.8 Å². The average molecular weight is 466 g/mol. The van der Waals surface area contributed by atoms with Crippen LogP contribution in [0.1, 0.15) is 45.7 Å². The van der Waals surface area contributed by atoms with Crippen LogP contribution >= 0.6 is 0 Å². The van der Waals surface area contributed by atoms with Crippen molar-refractivity contribution in [2.75, 3.05) is 5.32 Å². The zero-order valence-corrected chi connectivity index (χ0v) is 19.4. The molecule has 0 saturated heterocycles. The maximum absolute atomic E-state index is 12.9. The summed E-state index contributed by atoms with van der Waals surface area (Å²) >= 11 is 0. The van der Waals surface area contributed by atoms with Gasteiger partial charge in [-0.15, -0.1) is 0 Å². The van der Waals surface area contributed by atoms with Crippen molar-refractivity contribution in [3.63, 3.8) is 0 Å². The molecule has 0 heterocycles. The van der Waals surface area contributed by atoms with Gasteiger partial charge in [-0.2, -0.15) is 0 Å². The molecule has 7 nitrogen and oxygen atoms in total. The minimum atomic E-state index is -3.50. The van der Waals surface area contributed by atoms with Crippen LogP contribution in [0.3, 0.4) is 0 Å². The molecule has 33 heavy (non-hydrogen) atoms. The molecule has 3 rings (SSSR count). The van der Waals surface area contributed by atoms with Crippen molar-refractivity contribution in [3.05, 3.63) is 101 Å². The number of amides is 2. The van der Waals surface area contributed by atoms with Crippen LogP contribution in [0.4, 0.5) is 5.69 Å². The lowest BCUT2D eigenvalue weighted by molar-refractivity contribution is 0.0951. The molecule has 0 aliphatic carbocycles. The number of para-hydroxylation sites is 1. The molecule has 0 aromatic heterocycles. The molecule has 0 spiro atoms. The summed E-state index contributed by atoms with van der Waals surface area (Å²) in [7, 11) is -3.50. The van der Waals surface area contributed by atoms with Crippen molar-refractivity contribution in [2.24, 2.45) is 0 Å². The second-order valence-electron chi connectivity index (χ2n) is 7.85. The lowest BCUT2D eigenvalue weighted by Crippen LogP contribution is -2.32. The molecule has 172 valence electrons. The van der Waals surface area contributed by atoms with Crippen molar-refractivity contribution in [1.82, 2.24) is 10.0 Å². The zero-order chi connectivity index (χ0) is 23.8. The summed E-state index contributed by atoms with van der Waals surface area (Å²) in [6.07, 6.45) is 0. The van der Waals surface area contributed by atoms with Gasteiger partial charge >= 0.3 is 0 Å². The topological polar surface area (TPSA) is 104 Å². The van der Waals surface area contributed by atoms with Crippen molar-refractivity contribution >= 4 is 27.5 Å². The van der Waals surface area contributed by atoms with E-state index in [-0.39, 0.29) is 30.2 Å². The van der Waals surface area contributed by atoms with Crippen LogP contribution in [0, 0.1) is 0 Å². The fraction of sp³-hybridized carbons (Fsp3) is 0.200. The lowest BCUT2D eigenvalue weighted by Gasteiger charge is -2.14. The normalized spacial score (nSPS) is 11.2. The first-order valence-electron chi connectivity index (χ1n) is 10.6. The Morgan fingerprint density at radius 1 is 0.788 bits per heavy atom. The summed E-state index contributed by atoms with van der Waals surface area (Å²) in [4.78, 5) is 25.4. The van der Waals surface area contributed by atoms with Crippen LogP contribution in [0.25, 0.3) is 0 Å². The number of carbonyl (C=O) groups excluding carboxylic acids is 2. The van der Waals surface area contributed by atoms with Crippen LogP contribution < -0.4 is 15.4 Å². The minimum Gasteiger partial charge on any atom is -0.348 e. The van der Waals surface area contributed by atoms with Crippen LogP contribution in [-0.4, -0.2) is 26.3 Å².